The third-order valence-electron chi connectivity index (χ3n) is 5.56. The monoisotopic (exact) mass is 411 g/mol. The zero-order chi connectivity index (χ0) is 20.6. The van der Waals surface area contributed by atoms with E-state index in [0.29, 0.717) is 6.54 Å². The molecule has 4 rings (SSSR count). The summed E-state index contributed by atoms with van der Waals surface area (Å²) in [6.45, 7) is 8.14. The Hall–Kier alpha value is -2.62. The number of aromatic nitrogens is 4. The Morgan fingerprint density at radius 3 is 2.53 bits per heavy atom. The van der Waals surface area contributed by atoms with Crippen LogP contribution in [0, 0.1) is 0 Å². The number of ether oxygens (including phenoxy) is 1. The van der Waals surface area contributed by atoms with Crippen LogP contribution in [0.2, 0.25) is 0 Å². The van der Waals surface area contributed by atoms with Gasteiger partial charge in [-0.15, -0.1) is 5.10 Å². The quantitative estimate of drug-likeness (QED) is 0.651. The molecule has 1 amide bonds. The zero-order valence-electron chi connectivity index (χ0n) is 17.3. The maximum absolute atomic E-state index is 12.8. The van der Waals surface area contributed by atoms with Gasteiger partial charge in [0.2, 0.25) is 5.91 Å². The fourth-order valence-electron chi connectivity index (χ4n) is 3.73. The molecule has 1 aromatic heterocycles. The second-order valence-corrected chi connectivity index (χ2v) is 7.64. The number of hydrogen-bond donors (Lipinski definition) is 0. The molecule has 9 nitrogen and oxygen atoms in total. The van der Waals surface area contributed by atoms with E-state index in [1.165, 1.54) is 5.56 Å². The number of rotatable bonds is 7. The van der Waals surface area contributed by atoms with Crippen LogP contribution >= 0.6 is 0 Å². The predicted octanol–water partition coefficient (Wildman–Crippen LogP) is 0.363. The van der Waals surface area contributed by atoms with E-state index >= 15 is 0 Å². The van der Waals surface area contributed by atoms with Crippen molar-refractivity contribution >= 4 is 12.0 Å². The van der Waals surface area contributed by atoms with Crippen LogP contribution in [0.5, 0.6) is 0 Å². The van der Waals surface area contributed by atoms with Crippen molar-refractivity contribution in [3.05, 3.63) is 47.8 Å². The molecule has 2 saturated heterocycles. The van der Waals surface area contributed by atoms with Crippen molar-refractivity contribution in [2.45, 2.75) is 13.1 Å². The van der Waals surface area contributed by atoms with Gasteiger partial charge in [0.15, 0.2) is 5.82 Å². The molecular weight excluding hydrogens is 382 g/mol. The fraction of sp³-hybridized carbons (Fsp3) is 0.524. The second kappa shape index (κ2) is 10.4. The largest absolute Gasteiger partial charge is 0.379 e. The summed E-state index contributed by atoms with van der Waals surface area (Å²) in [5, 5.41) is 11.9. The highest BCUT2D eigenvalue weighted by atomic mass is 16.5. The van der Waals surface area contributed by atoms with Crippen molar-refractivity contribution in [3.63, 3.8) is 0 Å². The summed E-state index contributed by atoms with van der Waals surface area (Å²) in [7, 11) is 0. The Balaban J connectivity index is 1.22. The smallest absolute Gasteiger partial charge is 0.244 e. The minimum atomic E-state index is 0.0741. The molecule has 0 bridgehead atoms. The van der Waals surface area contributed by atoms with E-state index in [4.69, 9.17) is 4.74 Å². The van der Waals surface area contributed by atoms with Crippen LogP contribution in [0.1, 0.15) is 11.4 Å². The molecule has 0 unspecified atom stereocenters. The lowest BCUT2D eigenvalue weighted by Crippen LogP contribution is -2.49. The van der Waals surface area contributed by atoms with Crippen LogP contribution in [0.15, 0.2) is 36.4 Å². The minimum Gasteiger partial charge on any atom is -0.379 e. The average molecular weight is 412 g/mol. The van der Waals surface area contributed by atoms with Gasteiger partial charge < -0.3 is 9.64 Å². The van der Waals surface area contributed by atoms with Crippen molar-refractivity contribution in [3.8, 4) is 0 Å². The first-order chi connectivity index (χ1) is 14.8. The molecule has 0 atom stereocenters. The van der Waals surface area contributed by atoms with Crippen LogP contribution in [-0.4, -0.2) is 99.8 Å². The van der Waals surface area contributed by atoms with Crippen LogP contribution < -0.4 is 0 Å². The number of morpholine rings is 1. The molecule has 0 aliphatic carbocycles. The van der Waals surface area contributed by atoms with Crippen molar-refractivity contribution in [1.82, 2.24) is 34.9 Å². The number of nitrogens with zero attached hydrogens (tertiary/aromatic N) is 7. The van der Waals surface area contributed by atoms with Gasteiger partial charge in [-0.3, -0.25) is 14.6 Å². The molecule has 3 heterocycles. The number of benzene rings is 1. The molecule has 1 aromatic carbocycles. The van der Waals surface area contributed by atoms with Crippen LogP contribution in [-0.2, 0) is 22.6 Å². The van der Waals surface area contributed by atoms with Crippen LogP contribution in [0.4, 0.5) is 0 Å². The van der Waals surface area contributed by atoms with Crippen molar-refractivity contribution in [1.29, 1.82) is 0 Å². The van der Waals surface area contributed by atoms with Gasteiger partial charge in [-0.25, -0.2) is 4.68 Å². The Morgan fingerprint density at radius 2 is 1.77 bits per heavy atom. The van der Waals surface area contributed by atoms with Gasteiger partial charge in [-0.1, -0.05) is 42.5 Å². The first-order valence-electron chi connectivity index (χ1n) is 10.5. The van der Waals surface area contributed by atoms with Crippen LogP contribution in [0.3, 0.4) is 0 Å². The number of carbonyl (C=O) groups is 1. The molecule has 0 saturated carbocycles. The summed E-state index contributed by atoms with van der Waals surface area (Å²) in [5.74, 6) is 0.806. The normalized spacial score (nSPS) is 18.9. The fourth-order valence-corrected chi connectivity index (χ4v) is 3.73. The Kier molecular flexibility index (Phi) is 7.17. The van der Waals surface area contributed by atoms with E-state index in [1.54, 1.807) is 4.68 Å². The maximum atomic E-state index is 12.8. The van der Waals surface area contributed by atoms with Gasteiger partial charge >= 0.3 is 0 Å². The van der Waals surface area contributed by atoms with Gasteiger partial charge in [-0.2, -0.15) is 0 Å². The lowest BCUT2D eigenvalue weighted by Gasteiger charge is -2.34. The van der Waals surface area contributed by atoms with E-state index in [9.17, 15) is 4.79 Å². The van der Waals surface area contributed by atoms with E-state index in [2.05, 4.69) is 49.6 Å². The Labute approximate surface area is 176 Å². The molecule has 160 valence electrons. The highest BCUT2D eigenvalue weighted by Gasteiger charge is 2.23. The number of amides is 1. The van der Waals surface area contributed by atoms with E-state index in [0.717, 1.165) is 64.9 Å². The second-order valence-electron chi connectivity index (χ2n) is 7.64. The molecule has 0 spiro atoms. The topological polar surface area (TPSA) is 79.6 Å². The molecule has 2 aromatic rings. The number of carbonyl (C=O) groups excluding carboxylic acids is 1. The molecule has 2 aliphatic rings. The predicted molar refractivity (Wildman–Crippen MR) is 112 cm³/mol. The standard InChI is InChI=1S/C21H29N7O2/c29-21(18-28-20(22-23-24-28)17-26-13-15-30-16-14-26)27-11-9-25(10-12-27)8-4-7-19-5-2-1-3-6-19/h1-7H,8-18H2/b7-4+. The Morgan fingerprint density at radius 1 is 1.00 bits per heavy atom. The van der Waals surface area contributed by atoms with Crippen molar-refractivity contribution < 1.29 is 9.53 Å². The van der Waals surface area contributed by atoms with Gasteiger partial charge in [0, 0.05) is 45.8 Å². The number of hydrogen-bond acceptors (Lipinski definition) is 7. The highest BCUT2D eigenvalue weighted by molar-refractivity contribution is 5.76. The number of tetrazole rings is 1. The zero-order valence-corrected chi connectivity index (χ0v) is 17.3. The molecule has 0 radical (unpaired) electrons. The third-order valence-corrected chi connectivity index (χ3v) is 5.56. The summed E-state index contributed by atoms with van der Waals surface area (Å²) in [6.07, 6.45) is 4.33. The molecule has 30 heavy (non-hydrogen) atoms. The lowest BCUT2D eigenvalue weighted by molar-refractivity contribution is -0.133. The third kappa shape index (κ3) is 5.71. The summed E-state index contributed by atoms with van der Waals surface area (Å²) in [6, 6.07) is 10.3. The van der Waals surface area contributed by atoms with Gasteiger partial charge in [0.05, 0.1) is 19.8 Å². The SMILES string of the molecule is O=C(Cn1nnnc1CN1CCOCC1)N1CCN(C/C=C/c2ccccc2)CC1. The van der Waals surface area contributed by atoms with Crippen molar-refractivity contribution in [2.24, 2.45) is 0 Å². The number of piperazine rings is 1. The summed E-state index contributed by atoms with van der Waals surface area (Å²) in [5.41, 5.74) is 1.21. The molecule has 9 heteroatoms. The summed E-state index contributed by atoms with van der Waals surface area (Å²) < 4.78 is 7.01. The molecule has 0 N–H and O–H groups in total. The van der Waals surface area contributed by atoms with Crippen molar-refractivity contribution in [2.75, 3.05) is 59.0 Å². The highest BCUT2D eigenvalue weighted by Crippen LogP contribution is 2.07. The molecule has 2 aliphatic heterocycles. The van der Waals surface area contributed by atoms with E-state index in [-0.39, 0.29) is 12.5 Å². The summed E-state index contributed by atoms with van der Waals surface area (Å²) in [4.78, 5) is 19.3. The van der Waals surface area contributed by atoms with E-state index in [1.807, 2.05) is 23.1 Å². The summed E-state index contributed by atoms with van der Waals surface area (Å²) >= 11 is 0. The maximum Gasteiger partial charge on any atom is 0.244 e. The molecular formula is C21H29N7O2. The first-order valence-corrected chi connectivity index (χ1v) is 10.5. The first kappa shape index (κ1) is 20.6. The Bertz CT molecular complexity index is 825. The van der Waals surface area contributed by atoms with E-state index < -0.39 is 0 Å². The minimum absolute atomic E-state index is 0.0741. The van der Waals surface area contributed by atoms with Gasteiger partial charge in [0.25, 0.3) is 0 Å². The average Bonchev–Trinajstić information content (AvgIpc) is 3.22. The van der Waals surface area contributed by atoms with Crippen LogP contribution in [0.25, 0.3) is 6.08 Å². The van der Waals surface area contributed by atoms with Gasteiger partial charge in [0.1, 0.15) is 6.54 Å². The lowest BCUT2D eigenvalue weighted by atomic mass is 10.2. The van der Waals surface area contributed by atoms with Gasteiger partial charge in [-0.05, 0) is 16.0 Å². The molecule has 2 fully saturated rings.